The van der Waals surface area contributed by atoms with Crippen molar-refractivity contribution in [2.45, 2.75) is 45.1 Å². The summed E-state index contributed by atoms with van der Waals surface area (Å²) in [5.41, 5.74) is 0.615. The monoisotopic (exact) mass is 289 g/mol. The first-order chi connectivity index (χ1) is 9.96. The smallest absolute Gasteiger partial charge is 0.251 e. The second kappa shape index (κ2) is 6.39. The standard InChI is InChI=1S/C17H23NO3/c1-12-7-9-17(11-19,10-8-12)18-16(21)15-5-3-14(4-6-15)13(2)20/h3-6,12,19H,7-11H2,1-2H3,(H,18,21). The molecule has 1 aromatic carbocycles. The predicted octanol–water partition coefficient (Wildman–Crippen LogP) is 2.56. The summed E-state index contributed by atoms with van der Waals surface area (Å²) in [6, 6.07) is 6.63. The number of hydrogen-bond donors (Lipinski definition) is 2. The van der Waals surface area contributed by atoms with Crippen LogP contribution in [0.1, 0.15) is 60.2 Å². The van der Waals surface area contributed by atoms with Crippen LogP contribution in [0, 0.1) is 5.92 Å². The summed E-state index contributed by atoms with van der Waals surface area (Å²) in [6.07, 6.45) is 3.65. The molecule has 0 aromatic heterocycles. The fourth-order valence-electron chi connectivity index (χ4n) is 2.81. The molecule has 1 amide bonds. The number of amides is 1. The number of carbonyl (C=O) groups is 2. The average molecular weight is 289 g/mol. The molecule has 1 aliphatic carbocycles. The van der Waals surface area contributed by atoms with Gasteiger partial charge in [0.05, 0.1) is 12.1 Å². The lowest BCUT2D eigenvalue weighted by molar-refractivity contribution is 0.0717. The van der Waals surface area contributed by atoms with E-state index in [2.05, 4.69) is 12.2 Å². The first-order valence-corrected chi connectivity index (χ1v) is 7.50. The number of hydrogen-bond acceptors (Lipinski definition) is 3. The van der Waals surface area contributed by atoms with Crippen molar-refractivity contribution in [1.82, 2.24) is 5.32 Å². The maximum absolute atomic E-state index is 12.3. The molecule has 1 aromatic rings. The number of rotatable bonds is 4. The molecule has 1 saturated carbocycles. The minimum absolute atomic E-state index is 0.0185. The van der Waals surface area contributed by atoms with Gasteiger partial charge in [-0.1, -0.05) is 19.1 Å². The normalized spacial score (nSPS) is 25.4. The molecular formula is C17H23NO3. The fourth-order valence-corrected chi connectivity index (χ4v) is 2.81. The summed E-state index contributed by atoms with van der Waals surface area (Å²) in [5, 5.41) is 12.7. The molecule has 0 unspecified atom stereocenters. The lowest BCUT2D eigenvalue weighted by Gasteiger charge is -2.38. The SMILES string of the molecule is CC(=O)c1ccc(C(=O)NC2(CO)CCC(C)CC2)cc1. The minimum atomic E-state index is -0.497. The van der Waals surface area contributed by atoms with E-state index in [1.54, 1.807) is 24.3 Å². The van der Waals surface area contributed by atoms with Crippen molar-refractivity contribution in [3.8, 4) is 0 Å². The van der Waals surface area contributed by atoms with Gasteiger partial charge in [0, 0.05) is 11.1 Å². The highest BCUT2D eigenvalue weighted by Gasteiger charge is 2.35. The van der Waals surface area contributed by atoms with E-state index in [0.29, 0.717) is 17.0 Å². The molecule has 21 heavy (non-hydrogen) atoms. The summed E-state index contributed by atoms with van der Waals surface area (Å²) in [7, 11) is 0. The van der Waals surface area contributed by atoms with Crippen molar-refractivity contribution in [3.05, 3.63) is 35.4 Å². The fraction of sp³-hybridized carbons (Fsp3) is 0.529. The van der Waals surface area contributed by atoms with Crippen LogP contribution in [0.3, 0.4) is 0 Å². The van der Waals surface area contributed by atoms with Crippen molar-refractivity contribution < 1.29 is 14.7 Å². The summed E-state index contributed by atoms with van der Waals surface area (Å²) < 4.78 is 0. The Kier molecular flexibility index (Phi) is 4.78. The topological polar surface area (TPSA) is 66.4 Å². The van der Waals surface area contributed by atoms with Crippen LogP contribution < -0.4 is 5.32 Å². The van der Waals surface area contributed by atoms with Crippen molar-refractivity contribution in [1.29, 1.82) is 0 Å². The van der Waals surface area contributed by atoms with Gasteiger partial charge in [-0.3, -0.25) is 9.59 Å². The third-order valence-electron chi connectivity index (χ3n) is 4.47. The molecule has 4 nitrogen and oxygen atoms in total. The van der Waals surface area contributed by atoms with Gasteiger partial charge in [0.1, 0.15) is 0 Å². The maximum Gasteiger partial charge on any atom is 0.251 e. The second-order valence-electron chi connectivity index (χ2n) is 6.21. The molecule has 0 saturated heterocycles. The van der Waals surface area contributed by atoms with Crippen LogP contribution in [0.2, 0.25) is 0 Å². The number of Topliss-reactive ketones (excluding diaryl/α,β-unsaturated/α-hetero) is 1. The largest absolute Gasteiger partial charge is 0.394 e. The second-order valence-corrected chi connectivity index (χ2v) is 6.21. The van der Waals surface area contributed by atoms with Gasteiger partial charge >= 0.3 is 0 Å². The lowest BCUT2D eigenvalue weighted by Crippen LogP contribution is -2.53. The Morgan fingerprint density at radius 3 is 2.19 bits per heavy atom. The Morgan fingerprint density at radius 2 is 1.71 bits per heavy atom. The number of aliphatic hydroxyl groups excluding tert-OH is 1. The average Bonchev–Trinajstić information content (AvgIpc) is 2.50. The number of ketones is 1. The van der Waals surface area contributed by atoms with Crippen LogP contribution in [0.5, 0.6) is 0 Å². The maximum atomic E-state index is 12.3. The highest BCUT2D eigenvalue weighted by molar-refractivity contribution is 5.98. The van der Waals surface area contributed by atoms with Gasteiger partial charge in [-0.25, -0.2) is 0 Å². The van der Waals surface area contributed by atoms with Crippen LogP contribution in [0.25, 0.3) is 0 Å². The van der Waals surface area contributed by atoms with Crippen molar-refractivity contribution in [3.63, 3.8) is 0 Å². The number of aliphatic hydroxyl groups is 1. The molecule has 114 valence electrons. The van der Waals surface area contributed by atoms with E-state index in [0.717, 1.165) is 25.7 Å². The van der Waals surface area contributed by atoms with Gasteiger partial charge in [-0.15, -0.1) is 0 Å². The van der Waals surface area contributed by atoms with E-state index in [1.165, 1.54) is 6.92 Å². The van der Waals surface area contributed by atoms with Crippen LogP contribution >= 0.6 is 0 Å². The Bertz CT molecular complexity index is 513. The van der Waals surface area contributed by atoms with Gasteiger partial charge in [-0.05, 0) is 50.7 Å². The molecule has 1 aliphatic rings. The molecule has 0 radical (unpaired) electrons. The van der Waals surface area contributed by atoms with Crippen molar-refractivity contribution >= 4 is 11.7 Å². The van der Waals surface area contributed by atoms with E-state index in [4.69, 9.17) is 0 Å². The summed E-state index contributed by atoms with van der Waals surface area (Å²) >= 11 is 0. The van der Waals surface area contributed by atoms with E-state index in [-0.39, 0.29) is 18.3 Å². The first-order valence-electron chi connectivity index (χ1n) is 7.50. The lowest BCUT2D eigenvalue weighted by atomic mass is 9.77. The number of nitrogens with one attached hydrogen (secondary N) is 1. The molecule has 4 heteroatoms. The zero-order chi connectivity index (χ0) is 15.5. The molecule has 0 bridgehead atoms. The number of benzene rings is 1. The minimum Gasteiger partial charge on any atom is -0.394 e. The molecular weight excluding hydrogens is 266 g/mol. The van der Waals surface area contributed by atoms with E-state index in [9.17, 15) is 14.7 Å². The van der Waals surface area contributed by atoms with Gasteiger partial charge in [-0.2, -0.15) is 0 Å². The van der Waals surface area contributed by atoms with Crippen LogP contribution in [-0.4, -0.2) is 28.9 Å². The van der Waals surface area contributed by atoms with Crippen LogP contribution in [0.15, 0.2) is 24.3 Å². The van der Waals surface area contributed by atoms with Gasteiger partial charge in [0.15, 0.2) is 5.78 Å². The summed E-state index contributed by atoms with van der Waals surface area (Å²) in [4.78, 5) is 23.6. The molecule has 0 spiro atoms. The predicted molar refractivity (Wildman–Crippen MR) is 81.4 cm³/mol. The Hall–Kier alpha value is -1.68. The molecule has 0 atom stereocenters. The highest BCUT2D eigenvalue weighted by atomic mass is 16.3. The Morgan fingerprint density at radius 1 is 1.19 bits per heavy atom. The van der Waals surface area contributed by atoms with Crippen LogP contribution in [-0.2, 0) is 0 Å². The van der Waals surface area contributed by atoms with Crippen LogP contribution in [0.4, 0.5) is 0 Å². The molecule has 0 aliphatic heterocycles. The zero-order valence-electron chi connectivity index (χ0n) is 12.7. The van der Waals surface area contributed by atoms with Crippen molar-refractivity contribution in [2.75, 3.05) is 6.61 Å². The molecule has 2 N–H and O–H groups in total. The molecule has 2 rings (SSSR count). The van der Waals surface area contributed by atoms with E-state index in [1.807, 2.05) is 0 Å². The van der Waals surface area contributed by atoms with Gasteiger partial charge < -0.3 is 10.4 Å². The highest BCUT2D eigenvalue weighted by Crippen LogP contribution is 2.31. The third kappa shape index (κ3) is 3.70. The van der Waals surface area contributed by atoms with Gasteiger partial charge in [0.2, 0.25) is 0 Å². The first kappa shape index (κ1) is 15.7. The summed E-state index contributed by atoms with van der Waals surface area (Å²) in [6.45, 7) is 3.67. The van der Waals surface area contributed by atoms with Crippen molar-refractivity contribution in [2.24, 2.45) is 5.92 Å². The number of carbonyl (C=O) groups excluding carboxylic acids is 2. The molecule has 0 heterocycles. The quantitative estimate of drug-likeness (QED) is 0.837. The Balaban J connectivity index is 2.07. The molecule has 1 fully saturated rings. The Labute approximate surface area is 125 Å². The van der Waals surface area contributed by atoms with Gasteiger partial charge in [0.25, 0.3) is 5.91 Å². The van der Waals surface area contributed by atoms with E-state index >= 15 is 0 Å². The summed E-state index contributed by atoms with van der Waals surface area (Å²) in [5.74, 6) is 0.445. The zero-order valence-corrected chi connectivity index (χ0v) is 12.7. The van der Waals surface area contributed by atoms with E-state index < -0.39 is 5.54 Å². The third-order valence-corrected chi connectivity index (χ3v) is 4.47.